The lowest BCUT2D eigenvalue weighted by atomic mass is 10.0. The van der Waals surface area contributed by atoms with Crippen LogP contribution in [0.5, 0.6) is 5.75 Å². The van der Waals surface area contributed by atoms with Crippen LogP contribution < -0.4 is 0 Å². The first kappa shape index (κ1) is 12.8. The van der Waals surface area contributed by atoms with Gasteiger partial charge in [0.2, 0.25) is 0 Å². The van der Waals surface area contributed by atoms with E-state index in [2.05, 4.69) is 26.0 Å². The Morgan fingerprint density at radius 3 is 2.75 bits per heavy atom. The first-order valence-corrected chi connectivity index (χ1v) is 5.21. The number of hydrogen-bond donors (Lipinski definition) is 3. The second-order valence-corrected chi connectivity index (χ2v) is 3.96. The number of aromatic hydroxyl groups is 1. The highest BCUT2D eigenvalue weighted by Gasteiger charge is 2.21. The fourth-order valence-electron chi connectivity index (χ4n) is 1.20. The molecular weight excluding hydrogens is 278 g/mol. The molecule has 1 aromatic rings. The van der Waals surface area contributed by atoms with Crippen molar-refractivity contribution in [3.05, 3.63) is 38.7 Å². The minimum atomic E-state index is -1.30. The largest absolute Gasteiger partial charge is 0.506 e. The summed E-state index contributed by atoms with van der Waals surface area (Å²) in [5.74, 6) is -0.144. The summed E-state index contributed by atoms with van der Waals surface area (Å²) in [4.78, 5) is 2.47. The summed E-state index contributed by atoms with van der Waals surface area (Å²) in [5.41, 5.74) is 8.25. The van der Waals surface area contributed by atoms with Gasteiger partial charge >= 0.3 is 0 Å². The molecule has 0 aliphatic heterocycles. The number of nitrogens with zero attached hydrogens (tertiary/aromatic N) is 3. The van der Waals surface area contributed by atoms with E-state index in [0.717, 1.165) is 0 Å². The van der Waals surface area contributed by atoms with Gasteiger partial charge in [-0.2, -0.15) is 0 Å². The first-order chi connectivity index (χ1) is 7.57. The Morgan fingerprint density at radius 1 is 1.44 bits per heavy atom. The smallest absolute Gasteiger partial charge is 0.135 e. The molecule has 2 atom stereocenters. The standard InChI is InChI=1S/C9H10BrN3O3/c10-6-3-1-2-5(8(6)15)9(16)7(14)4-12-13-11/h1-3,7,9,14-16H,4H2. The zero-order valence-corrected chi connectivity index (χ0v) is 9.74. The molecule has 1 rings (SSSR count). The summed E-state index contributed by atoms with van der Waals surface area (Å²) in [6.07, 6.45) is -2.56. The zero-order valence-electron chi connectivity index (χ0n) is 8.16. The van der Waals surface area contributed by atoms with Gasteiger partial charge in [-0.1, -0.05) is 17.2 Å². The van der Waals surface area contributed by atoms with Crippen LogP contribution in [0.3, 0.4) is 0 Å². The molecule has 0 saturated heterocycles. The van der Waals surface area contributed by atoms with Crippen molar-refractivity contribution in [2.24, 2.45) is 5.11 Å². The van der Waals surface area contributed by atoms with Gasteiger partial charge < -0.3 is 15.3 Å². The minimum Gasteiger partial charge on any atom is -0.506 e. The van der Waals surface area contributed by atoms with Gasteiger partial charge in [-0.15, -0.1) is 0 Å². The molecule has 0 fully saturated rings. The van der Waals surface area contributed by atoms with Crippen LogP contribution in [0.4, 0.5) is 0 Å². The van der Waals surface area contributed by atoms with Crippen molar-refractivity contribution in [2.75, 3.05) is 6.54 Å². The summed E-state index contributed by atoms with van der Waals surface area (Å²) in [5, 5.41) is 32.0. The summed E-state index contributed by atoms with van der Waals surface area (Å²) >= 11 is 3.09. The molecule has 86 valence electrons. The number of para-hydroxylation sites is 1. The third-order valence-corrected chi connectivity index (χ3v) is 2.67. The topological polar surface area (TPSA) is 109 Å². The van der Waals surface area contributed by atoms with Crippen LogP contribution in [-0.4, -0.2) is 28.0 Å². The van der Waals surface area contributed by atoms with Gasteiger partial charge in [-0.25, -0.2) is 0 Å². The van der Waals surface area contributed by atoms with Crippen LogP contribution in [0.15, 0.2) is 27.8 Å². The summed E-state index contributed by atoms with van der Waals surface area (Å²) in [6.45, 7) is -0.260. The quantitative estimate of drug-likeness (QED) is 0.447. The number of aliphatic hydroxyl groups is 2. The maximum absolute atomic E-state index is 9.71. The SMILES string of the molecule is [N-]=[N+]=NCC(O)C(O)c1cccc(Br)c1O. The molecule has 0 saturated carbocycles. The van der Waals surface area contributed by atoms with Crippen molar-refractivity contribution in [3.63, 3.8) is 0 Å². The molecular formula is C9H10BrN3O3. The molecule has 6 nitrogen and oxygen atoms in total. The maximum Gasteiger partial charge on any atom is 0.135 e. The van der Waals surface area contributed by atoms with Crippen LogP contribution in [0, 0.1) is 0 Å². The Hall–Kier alpha value is -1.27. The van der Waals surface area contributed by atoms with Crippen molar-refractivity contribution in [2.45, 2.75) is 12.2 Å². The number of rotatable bonds is 4. The van der Waals surface area contributed by atoms with Crippen LogP contribution in [0.25, 0.3) is 10.4 Å². The molecule has 0 heterocycles. The highest BCUT2D eigenvalue weighted by molar-refractivity contribution is 9.10. The van der Waals surface area contributed by atoms with E-state index < -0.39 is 12.2 Å². The van der Waals surface area contributed by atoms with E-state index in [-0.39, 0.29) is 17.9 Å². The van der Waals surface area contributed by atoms with Crippen LogP contribution in [0.1, 0.15) is 11.7 Å². The Balaban J connectivity index is 2.91. The van der Waals surface area contributed by atoms with E-state index in [1.165, 1.54) is 6.07 Å². The van der Waals surface area contributed by atoms with E-state index in [4.69, 9.17) is 5.53 Å². The molecule has 16 heavy (non-hydrogen) atoms. The van der Waals surface area contributed by atoms with Crippen LogP contribution in [0.2, 0.25) is 0 Å². The molecule has 3 N–H and O–H groups in total. The Bertz CT molecular complexity index is 420. The summed E-state index contributed by atoms with van der Waals surface area (Å²) < 4.78 is 0.417. The van der Waals surface area contributed by atoms with Gasteiger partial charge in [0.05, 0.1) is 17.1 Å². The third kappa shape index (κ3) is 2.86. The second kappa shape index (κ2) is 5.72. The molecule has 7 heteroatoms. The van der Waals surface area contributed by atoms with Crippen molar-refractivity contribution >= 4 is 15.9 Å². The van der Waals surface area contributed by atoms with Crippen molar-refractivity contribution in [1.29, 1.82) is 0 Å². The molecule has 0 aliphatic rings. The summed E-state index contributed by atoms with van der Waals surface area (Å²) in [6, 6.07) is 4.69. The lowest BCUT2D eigenvalue weighted by molar-refractivity contribution is 0.0230. The van der Waals surface area contributed by atoms with E-state index in [1.807, 2.05) is 0 Å². The van der Waals surface area contributed by atoms with Gasteiger partial charge in [0.15, 0.2) is 0 Å². The van der Waals surface area contributed by atoms with Gasteiger partial charge in [0, 0.05) is 10.5 Å². The average molecular weight is 288 g/mol. The predicted octanol–water partition coefficient (Wildman–Crippen LogP) is 1.86. The Kier molecular flexibility index (Phi) is 4.57. The molecule has 1 aromatic carbocycles. The van der Waals surface area contributed by atoms with Gasteiger partial charge in [0.25, 0.3) is 0 Å². The molecule has 2 unspecified atom stereocenters. The number of halogens is 1. The Morgan fingerprint density at radius 2 is 2.12 bits per heavy atom. The average Bonchev–Trinajstić information content (AvgIpc) is 2.28. The van der Waals surface area contributed by atoms with Gasteiger partial charge in [-0.05, 0) is 27.5 Å². The lowest BCUT2D eigenvalue weighted by Gasteiger charge is -2.17. The highest BCUT2D eigenvalue weighted by atomic mass is 79.9. The zero-order chi connectivity index (χ0) is 12.1. The highest BCUT2D eigenvalue weighted by Crippen LogP contribution is 2.32. The molecule has 0 aliphatic carbocycles. The Labute approximate surface area is 99.9 Å². The fraction of sp³-hybridized carbons (Fsp3) is 0.333. The molecule has 0 spiro atoms. The number of azide groups is 1. The van der Waals surface area contributed by atoms with E-state index >= 15 is 0 Å². The van der Waals surface area contributed by atoms with Gasteiger partial charge in [-0.3, -0.25) is 0 Å². The molecule has 0 bridgehead atoms. The predicted molar refractivity (Wildman–Crippen MR) is 60.8 cm³/mol. The molecule has 0 radical (unpaired) electrons. The van der Waals surface area contributed by atoms with Crippen molar-refractivity contribution in [1.82, 2.24) is 0 Å². The van der Waals surface area contributed by atoms with Crippen molar-refractivity contribution < 1.29 is 15.3 Å². The minimum absolute atomic E-state index is 0.144. The third-order valence-electron chi connectivity index (χ3n) is 2.03. The molecule has 0 aromatic heterocycles. The number of phenols is 1. The summed E-state index contributed by atoms with van der Waals surface area (Å²) in [7, 11) is 0. The number of benzene rings is 1. The maximum atomic E-state index is 9.71. The van der Waals surface area contributed by atoms with E-state index in [1.54, 1.807) is 12.1 Å². The lowest BCUT2D eigenvalue weighted by Crippen LogP contribution is -2.21. The molecule has 0 amide bonds. The fourth-order valence-corrected chi connectivity index (χ4v) is 1.58. The van der Waals surface area contributed by atoms with Crippen molar-refractivity contribution in [3.8, 4) is 5.75 Å². The number of phenolic OH excluding ortho intramolecular Hbond substituents is 1. The normalized spacial score (nSPS) is 13.9. The van der Waals surface area contributed by atoms with Gasteiger partial charge in [0.1, 0.15) is 11.9 Å². The van der Waals surface area contributed by atoms with E-state index in [0.29, 0.717) is 4.47 Å². The monoisotopic (exact) mass is 287 g/mol. The van der Waals surface area contributed by atoms with Crippen LogP contribution in [-0.2, 0) is 0 Å². The first-order valence-electron chi connectivity index (χ1n) is 4.42. The van der Waals surface area contributed by atoms with Crippen LogP contribution >= 0.6 is 15.9 Å². The number of hydrogen-bond acceptors (Lipinski definition) is 4. The number of aliphatic hydroxyl groups excluding tert-OH is 2. The second-order valence-electron chi connectivity index (χ2n) is 3.10. The van der Waals surface area contributed by atoms with E-state index in [9.17, 15) is 15.3 Å².